The summed E-state index contributed by atoms with van der Waals surface area (Å²) >= 11 is 0. The van der Waals surface area contributed by atoms with Gasteiger partial charge in [-0.05, 0) is 31.9 Å². The molecule has 0 unspecified atom stereocenters. The van der Waals surface area contributed by atoms with Gasteiger partial charge in [-0.25, -0.2) is 4.39 Å². The molecule has 0 aromatic heterocycles. The maximum absolute atomic E-state index is 13.7. The van der Waals surface area contributed by atoms with E-state index >= 15 is 0 Å². The lowest BCUT2D eigenvalue weighted by atomic mass is 9.95. The van der Waals surface area contributed by atoms with Crippen molar-refractivity contribution in [1.82, 2.24) is 5.32 Å². The van der Waals surface area contributed by atoms with Crippen LogP contribution in [0.3, 0.4) is 0 Å². The molecule has 0 spiro atoms. The zero-order valence-corrected chi connectivity index (χ0v) is 12.5. The zero-order chi connectivity index (χ0) is 15.1. The molecule has 1 fully saturated rings. The van der Waals surface area contributed by atoms with Gasteiger partial charge < -0.3 is 15.4 Å². The zero-order valence-electron chi connectivity index (χ0n) is 12.5. The molecule has 2 rings (SSSR count). The summed E-state index contributed by atoms with van der Waals surface area (Å²) in [7, 11) is 0. The van der Waals surface area contributed by atoms with Gasteiger partial charge in [0.25, 0.3) is 0 Å². The van der Waals surface area contributed by atoms with E-state index in [-0.39, 0.29) is 18.2 Å². The standard InChI is InChI=1S/C16H23FN2O2/c1-2-21-15-9-8-13(10-14(15)17)18-11-16(20)19-12-6-4-3-5-7-12/h8-10,12,18H,2-7,11H2,1H3,(H,19,20). The molecular weight excluding hydrogens is 271 g/mol. The van der Waals surface area contributed by atoms with Crippen molar-refractivity contribution >= 4 is 11.6 Å². The molecule has 0 bridgehead atoms. The van der Waals surface area contributed by atoms with E-state index in [4.69, 9.17) is 4.74 Å². The average Bonchev–Trinajstić information content (AvgIpc) is 2.49. The number of hydrogen-bond donors (Lipinski definition) is 2. The summed E-state index contributed by atoms with van der Waals surface area (Å²) in [4.78, 5) is 11.8. The van der Waals surface area contributed by atoms with Gasteiger partial charge in [0.05, 0.1) is 13.2 Å². The number of carbonyl (C=O) groups is 1. The van der Waals surface area contributed by atoms with E-state index in [2.05, 4.69) is 10.6 Å². The number of benzene rings is 1. The van der Waals surface area contributed by atoms with Crippen LogP contribution in [0.4, 0.5) is 10.1 Å². The van der Waals surface area contributed by atoms with Crippen LogP contribution in [0.5, 0.6) is 5.75 Å². The first-order valence-electron chi connectivity index (χ1n) is 7.64. The molecule has 2 N–H and O–H groups in total. The molecule has 1 aromatic carbocycles. The number of rotatable bonds is 6. The minimum Gasteiger partial charge on any atom is -0.491 e. The molecule has 0 radical (unpaired) electrons. The third-order valence-electron chi connectivity index (χ3n) is 3.66. The largest absolute Gasteiger partial charge is 0.491 e. The summed E-state index contributed by atoms with van der Waals surface area (Å²) in [6.07, 6.45) is 5.74. The Morgan fingerprint density at radius 1 is 1.33 bits per heavy atom. The summed E-state index contributed by atoms with van der Waals surface area (Å²) in [5, 5.41) is 5.95. The Hall–Kier alpha value is -1.78. The Balaban J connectivity index is 1.79. The predicted molar refractivity (Wildman–Crippen MR) is 81.1 cm³/mol. The molecular formula is C16H23FN2O2. The van der Waals surface area contributed by atoms with Crippen LogP contribution in [-0.4, -0.2) is 25.1 Å². The van der Waals surface area contributed by atoms with Crippen molar-refractivity contribution < 1.29 is 13.9 Å². The smallest absolute Gasteiger partial charge is 0.239 e. The van der Waals surface area contributed by atoms with Gasteiger partial charge in [0.1, 0.15) is 0 Å². The number of halogens is 1. The van der Waals surface area contributed by atoms with Crippen LogP contribution >= 0.6 is 0 Å². The van der Waals surface area contributed by atoms with E-state index in [9.17, 15) is 9.18 Å². The second kappa shape index (κ2) is 7.86. The lowest BCUT2D eigenvalue weighted by Gasteiger charge is -2.22. The molecule has 5 heteroatoms. The van der Waals surface area contributed by atoms with Crippen molar-refractivity contribution in [2.45, 2.75) is 45.1 Å². The van der Waals surface area contributed by atoms with E-state index in [1.165, 1.54) is 25.3 Å². The number of amides is 1. The Kier molecular flexibility index (Phi) is 5.84. The van der Waals surface area contributed by atoms with Crippen molar-refractivity contribution in [2.75, 3.05) is 18.5 Å². The fourth-order valence-corrected chi connectivity index (χ4v) is 2.59. The van der Waals surface area contributed by atoms with Gasteiger partial charge >= 0.3 is 0 Å². The fourth-order valence-electron chi connectivity index (χ4n) is 2.59. The minimum atomic E-state index is -0.422. The number of nitrogens with one attached hydrogen (secondary N) is 2. The van der Waals surface area contributed by atoms with E-state index < -0.39 is 5.82 Å². The highest BCUT2D eigenvalue weighted by atomic mass is 19.1. The maximum atomic E-state index is 13.7. The maximum Gasteiger partial charge on any atom is 0.239 e. The topological polar surface area (TPSA) is 50.4 Å². The molecule has 1 amide bonds. The highest BCUT2D eigenvalue weighted by molar-refractivity contribution is 5.81. The Morgan fingerprint density at radius 3 is 2.76 bits per heavy atom. The van der Waals surface area contributed by atoms with E-state index in [1.807, 2.05) is 0 Å². The number of hydrogen-bond acceptors (Lipinski definition) is 3. The van der Waals surface area contributed by atoms with E-state index in [0.717, 1.165) is 12.8 Å². The molecule has 116 valence electrons. The van der Waals surface area contributed by atoms with Gasteiger partial charge in [-0.2, -0.15) is 0 Å². The van der Waals surface area contributed by atoms with Crippen LogP contribution in [0, 0.1) is 5.82 Å². The van der Waals surface area contributed by atoms with Crippen LogP contribution in [0.1, 0.15) is 39.0 Å². The van der Waals surface area contributed by atoms with Crippen molar-refractivity contribution in [3.05, 3.63) is 24.0 Å². The van der Waals surface area contributed by atoms with Crippen molar-refractivity contribution in [3.8, 4) is 5.75 Å². The molecule has 0 saturated heterocycles. The summed E-state index contributed by atoms with van der Waals surface area (Å²) in [6.45, 7) is 2.39. The summed E-state index contributed by atoms with van der Waals surface area (Å²) in [5.74, 6) is -0.236. The molecule has 1 aromatic rings. The molecule has 0 heterocycles. The van der Waals surface area contributed by atoms with Gasteiger partial charge in [0.15, 0.2) is 11.6 Å². The second-order valence-electron chi connectivity index (χ2n) is 5.33. The van der Waals surface area contributed by atoms with Crippen LogP contribution in [-0.2, 0) is 4.79 Å². The molecule has 21 heavy (non-hydrogen) atoms. The van der Waals surface area contributed by atoms with Gasteiger partial charge in [0.2, 0.25) is 5.91 Å². The minimum absolute atomic E-state index is 0.0452. The summed E-state index contributed by atoms with van der Waals surface area (Å²) in [6, 6.07) is 4.92. The highest BCUT2D eigenvalue weighted by Gasteiger charge is 2.15. The van der Waals surface area contributed by atoms with Crippen molar-refractivity contribution in [2.24, 2.45) is 0 Å². The van der Waals surface area contributed by atoms with Gasteiger partial charge in [-0.3, -0.25) is 4.79 Å². The van der Waals surface area contributed by atoms with Gasteiger partial charge in [-0.1, -0.05) is 19.3 Å². The Bertz CT molecular complexity index is 473. The Morgan fingerprint density at radius 2 is 2.10 bits per heavy atom. The average molecular weight is 294 g/mol. The number of ether oxygens (including phenoxy) is 1. The molecule has 4 nitrogen and oxygen atoms in total. The van der Waals surface area contributed by atoms with Gasteiger partial charge in [0, 0.05) is 17.8 Å². The van der Waals surface area contributed by atoms with Crippen molar-refractivity contribution in [3.63, 3.8) is 0 Å². The van der Waals surface area contributed by atoms with E-state index in [1.54, 1.807) is 19.1 Å². The number of anilines is 1. The number of carbonyl (C=O) groups excluding carboxylic acids is 1. The van der Waals surface area contributed by atoms with Crippen LogP contribution in [0.25, 0.3) is 0 Å². The molecule has 0 aliphatic heterocycles. The van der Waals surface area contributed by atoms with Crippen LogP contribution in [0.2, 0.25) is 0 Å². The fraction of sp³-hybridized carbons (Fsp3) is 0.562. The van der Waals surface area contributed by atoms with Gasteiger partial charge in [-0.15, -0.1) is 0 Å². The van der Waals surface area contributed by atoms with E-state index in [0.29, 0.717) is 18.3 Å². The lowest BCUT2D eigenvalue weighted by molar-refractivity contribution is -0.120. The second-order valence-corrected chi connectivity index (χ2v) is 5.33. The molecule has 1 aliphatic carbocycles. The lowest BCUT2D eigenvalue weighted by Crippen LogP contribution is -2.39. The molecule has 1 saturated carbocycles. The quantitative estimate of drug-likeness (QED) is 0.847. The molecule has 1 aliphatic rings. The van der Waals surface area contributed by atoms with Crippen molar-refractivity contribution in [1.29, 1.82) is 0 Å². The van der Waals surface area contributed by atoms with Crippen LogP contribution < -0.4 is 15.4 Å². The Labute approximate surface area is 125 Å². The van der Waals surface area contributed by atoms with Crippen LogP contribution in [0.15, 0.2) is 18.2 Å². The SMILES string of the molecule is CCOc1ccc(NCC(=O)NC2CCCCC2)cc1F. The third kappa shape index (κ3) is 4.92. The predicted octanol–water partition coefficient (Wildman–Crippen LogP) is 3.09. The highest BCUT2D eigenvalue weighted by Crippen LogP contribution is 2.21. The summed E-state index contributed by atoms with van der Waals surface area (Å²) in [5.41, 5.74) is 0.578. The first kappa shape index (κ1) is 15.6. The first-order valence-corrected chi connectivity index (χ1v) is 7.64. The third-order valence-corrected chi connectivity index (χ3v) is 3.66. The normalized spacial score (nSPS) is 15.5. The monoisotopic (exact) mass is 294 g/mol. The molecule has 0 atom stereocenters. The summed E-state index contributed by atoms with van der Waals surface area (Å²) < 4.78 is 18.8. The first-order chi connectivity index (χ1) is 10.2.